The van der Waals surface area contributed by atoms with Crippen LogP contribution in [0.15, 0.2) is 36.4 Å². The van der Waals surface area contributed by atoms with Gasteiger partial charge in [-0.25, -0.2) is 4.79 Å². The second-order valence-corrected chi connectivity index (χ2v) is 5.08. The van der Waals surface area contributed by atoms with E-state index in [4.69, 9.17) is 19.5 Å². The highest BCUT2D eigenvalue weighted by molar-refractivity contribution is 5.93. The Labute approximate surface area is 145 Å². The van der Waals surface area contributed by atoms with E-state index in [1.807, 2.05) is 12.1 Å². The molecule has 6 heteroatoms. The molecule has 0 amide bonds. The lowest BCUT2D eigenvalue weighted by Crippen LogP contribution is -2.11. The molecule has 0 atom stereocenters. The van der Waals surface area contributed by atoms with Crippen molar-refractivity contribution in [3.8, 4) is 23.6 Å². The van der Waals surface area contributed by atoms with Gasteiger partial charge in [0.15, 0.2) is 0 Å². The predicted octanol–water partition coefficient (Wildman–Crippen LogP) is 3.33. The SMILES string of the molecule is COCCOC(=O)c1cccc(C)c1Oc1cccc(C#N)c1C#N. The minimum Gasteiger partial charge on any atom is -0.460 e. The molecule has 0 aromatic heterocycles. The molecule has 0 aliphatic carbocycles. The molecule has 6 nitrogen and oxygen atoms in total. The van der Waals surface area contributed by atoms with Crippen LogP contribution in [0.4, 0.5) is 0 Å². The van der Waals surface area contributed by atoms with E-state index in [9.17, 15) is 10.1 Å². The molecule has 0 bridgehead atoms. The molecule has 126 valence electrons. The topological polar surface area (TPSA) is 92.3 Å². The van der Waals surface area contributed by atoms with Crippen LogP contribution < -0.4 is 4.74 Å². The van der Waals surface area contributed by atoms with Crippen LogP contribution in [0, 0.1) is 29.6 Å². The summed E-state index contributed by atoms with van der Waals surface area (Å²) in [7, 11) is 1.51. The third kappa shape index (κ3) is 4.14. The van der Waals surface area contributed by atoms with Crippen molar-refractivity contribution in [1.82, 2.24) is 0 Å². The number of ether oxygens (including phenoxy) is 3. The third-order valence-corrected chi connectivity index (χ3v) is 3.42. The normalized spacial score (nSPS) is 9.76. The van der Waals surface area contributed by atoms with E-state index < -0.39 is 5.97 Å². The number of esters is 1. The van der Waals surface area contributed by atoms with Crippen LogP contribution in [0.1, 0.15) is 27.0 Å². The van der Waals surface area contributed by atoms with Gasteiger partial charge in [0.25, 0.3) is 0 Å². The fraction of sp³-hybridized carbons (Fsp3) is 0.211. The van der Waals surface area contributed by atoms with Crippen molar-refractivity contribution in [2.75, 3.05) is 20.3 Å². The molecule has 0 aliphatic heterocycles. The summed E-state index contributed by atoms with van der Waals surface area (Å²) in [5, 5.41) is 18.4. The van der Waals surface area contributed by atoms with Crippen molar-refractivity contribution in [3.05, 3.63) is 58.7 Å². The molecule has 25 heavy (non-hydrogen) atoms. The maximum atomic E-state index is 12.3. The van der Waals surface area contributed by atoms with Crippen LogP contribution in [-0.4, -0.2) is 26.3 Å². The molecule has 0 N–H and O–H groups in total. The van der Waals surface area contributed by atoms with Crippen molar-refractivity contribution < 1.29 is 19.0 Å². The van der Waals surface area contributed by atoms with E-state index in [-0.39, 0.29) is 41.4 Å². The Hall–Kier alpha value is -3.35. The number of hydrogen-bond acceptors (Lipinski definition) is 6. The van der Waals surface area contributed by atoms with Crippen molar-refractivity contribution in [2.45, 2.75) is 6.92 Å². The number of hydrogen-bond donors (Lipinski definition) is 0. The predicted molar refractivity (Wildman–Crippen MR) is 89.3 cm³/mol. The molecule has 0 aliphatic rings. The Morgan fingerprint density at radius 1 is 1.08 bits per heavy atom. The van der Waals surface area contributed by atoms with Gasteiger partial charge in [0.1, 0.15) is 41.4 Å². The lowest BCUT2D eigenvalue weighted by Gasteiger charge is -2.14. The zero-order valence-electron chi connectivity index (χ0n) is 13.9. The first-order valence-corrected chi connectivity index (χ1v) is 7.49. The van der Waals surface area contributed by atoms with E-state index in [2.05, 4.69) is 0 Å². The zero-order chi connectivity index (χ0) is 18.2. The zero-order valence-corrected chi connectivity index (χ0v) is 13.9. The second kappa shape index (κ2) is 8.49. The maximum Gasteiger partial charge on any atom is 0.342 e. The average molecular weight is 336 g/mol. The number of para-hydroxylation sites is 1. The molecule has 0 unspecified atom stereocenters. The minimum atomic E-state index is -0.550. The monoisotopic (exact) mass is 336 g/mol. The van der Waals surface area contributed by atoms with Gasteiger partial charge in [0.2, 0.25) is 0 Å². The molecule has 0 saturated heterocycles. The van der Waals surface area contributed by atoms with E-state index >= 15 is 0 Å². The van der Waals surface area contributed by atoms with Crippen LogP contribution in [0.3, 0.4) is 0 Å². The summed E-state index contributed by atoms with van der Waals surface area (Å²) in [6.07, 6.45) is 0. The van der Waals surface area contributed by atoms with Gasteiger partial charge in [-0.2, -0.15) is 10.5 Å². The number of nitrogens with zero attached hydrogens (tertiary/aromatic N) is 2. The van der Waals surface area contributed by atoms with Crippen molar-refractivity contribution in [3.63, 3.8) is 0 Å². The van der Waals surface area contributed by atoms with Crippen LogP contribution in [-0.2, 0) is 9.47 Å². The summed E-state index contributed by atoms with van der Waals surface area (Å²) >= 11 is 0. The molecule has 0 fully saturated rings. The van der Waals surface area contributed by atoms with E-state index in [0.29, 0.717) is 5.56 Å². The van der Waals surface area contributed by atoms with E-state index in [0.717, 1.165) is 0 Å². The number of benzene rings is 2. The number of methoxy groups -OCH3 is 1. The van der Waals surface area contributed by atoms with Crippen molar-refractivity contribution >= 4 is 5.97 Å². The maximum absolute atomic E-state index is 12.3. The number of rotatable bonds is 6. The third-order valence-electron chi connectivity index (χ3n) is 3.42. The average Bonchev–Trinajstić information content (AvgIpc) is 2.63. The van der Waals surface area contributed by atoms with Gasteiger partial charge in [-0.05, 0) is 30.7 Å². The Kier molecular flexibility index (Phi) is 6.11. The molecular formula is C19H16N2O4. The molecule has 0 heterocycles. The van der Waals surface area contributed by atoms with Crippen molar-refractivity contribution in [1.29, 1.82) is 10.5 Å². The summed E-state index contributed by atoms with van der Waals surface area (Å²) in [5.74, 6) is -0.0519. The minimum absolute atomic E-state index is 0.118. The Bertz CT molecular complexity index is 863. The smallest absolute Gasteiger partial charge is 0.342 e. The van der Waals surface area contributed by atoms with Gasteiger partial charge in [-0.15, -0.1) is 0 Å². The summed E-state index contributed by atoms with van der Waals surface area (Å²) in [6.45, 7) is 2.19. The molecular weight excluding hydrogens is 320 g/mol. The molecule has 2 aromatic rings. The molecule has 2 aromatic carbocycles. The van der Waals surface area contributed by atoms with Gasteiger partial charge in [0, 0.05) is 7.11 Å². The lowest BCUT2D eigenvalue weighted by atomic mass is 10.1. The quantitative estimate of drug-likeness (QED) is 0.593. The number of carbonyl (C=O) groups excluding carboxylic acids is 1. The first-order valence-electron chi connectivity index (χ1n) is 7.49. The highest BCUT2D eigenvalue weighted by Crippen LogP contribution is 2.32. The summed E-state index contributed by atoms with van der Waals surface area (Å²) in [4.78, 5) is 12.3. The molecule has 0 spiro atoms. The number of carbonyl (C=O) groups is 1. The first-order chi connectivity index (χ1) is 12.1. The van der Waals surface area contributed by atoms with Crippen LogP contribution >= 0.6 is 0 Å². The van der Waals surface area contributed by atoms with Gasteiger partial charge in [-0.3, -0.25) is 0 Å². The standard InChI is InChI=1S/C19H16N2O4/c1-13-5-3-7-15(19(22)24-10-9-23-2)18(13)25-17-8-4-6-14(11-20)16(17)12-21/h3-8H,9-10H2,1-2H3. The highest BCUT2D eigenvalue weighted by Gasteiger charge is 2.19. The van der Waals surface area contributed by atoms with Gasteiger partial charge in [-0.1, -0.05) is 18.2 Å². The molecule has 0 radical (unpaired) electrons. The molecule has 2 rings (SSSR count). The van der Waals surface area contributed by atoms with Crippen LogP contribution in [0.5, 0.6) is 11.5 Å². The first kappa shape index (κ1) is 18.0. The van der Waals surface area contributed by atoms with E-state index in [1.54, 1.807) is 37.3 Å². The Morgan fingerprint density at radius 2 is 1.84 bits per heavy atom. The Morgan fingerprint density at radius 3 is 2.52 bits per heavy atom. The van der Waals surface area contributed by atoms with Crippen LogP contribution in [0.2, 0.25) is 0 Å². The van der Waals surface area contributed by atoms with Crippen LogP contribution in [0.25, 0.3) is 0 Å². The Balaban J connectivity index is 2.40. The van der Waals surface area contributed by atoms with Gasteiger partial charge >= 0.3 is 5.97 Å². The largest absolute Gasteiger partial charge is 0.460 e. The number of aryl methyl sites for hydroxylation is 1. The summed E-state index contributed by atoms with van der Waals surface area (Å²) < 4.78 is 15.8. The second-order valence-electron chi connectivity index (χ2n) is 5.08. The van der Waals surface area contributed by atoms with Gasteiger partial charge in [0.05, 0.1) is 12.2 Å². The molecule has 0 saturated carbocycles. The lowest BCUT2D eigenvalue weighted by molar-refractivity contribution is 0.0385. The fourth-order valence-corrected chi connectivity index (χ4v) is 2.18. The van der Waals surface area contributed by atoms with E-state index in [1.165, 1.54) is 13.2 Å². The highest BCUT2D eigenvalue weighted by atomic mass is 16.6. The number of nitriles is 2. The van der Waals surface area contributed by atoms with Gasteiger partial charge < -0.3 is 14.2 Å². The summed E-state index contributed by atoms with van der Waals surface area (Å²) in [5.41, 5.74) is 1.26. The summed E-state index contributed by atoms with van der Waals surface area (Å²) in [6, 6.07) is 13.7. The van der Waals surface area contributed by atoms with Crippen molar-refractivity contribution in [2.24, 2.45) is 0 Å². The fourth-order valence-electron chi connectivity index (χ4n) is 2.18.